The van der Waals surface area contributed by atoms with Gasteiger partial charge in [-0.15, -0.1) is 0 Å². The van der Waals surface area contributed by atoms with Crippen LogP contribution in [0.3, 0.4) is 0 Å². The molecule has 0 bridgehead atoms. The molecule has 66 valence electrons. The Kier molecular flexibility index (Phi) is 3.45. The third kappa shape index (κ3) is 3.32. The number of nitrogens with zero attached hydrogens (tertiary/aromatic N) is 2. The van der Waals surface area contributed by atoms with Gasteiger partial charge in [0.2, 0.25) is 5.54 Å². The predicted molar refractivity (Wildman–Crippen MR) is 44.2 cm³/mol. The number of hydrogen-bond acceptors (Lipinski definition) is 3. The Hall–Kier alpha value is -0.640. The van der Waals surface area contributed by atoms with Crippen molar-refractivity contribution in [1.82, 2.24) is 4.90 Å². The van der Waals surface area contributed by atoms with Gasteiger partial charge in [0.25, 0.3) is 0 Å². The summed E-state index contributed by atoms with van der Waals surface area (Å²) in [5.41, 5.74) is -0.829. The van der Waals surface area contributed by atoms with Crippen LogP contribution in [0.25, 0.3) is 0 Å². The summed E-state index contributed by atoms with van der Waals surface area (Å²) in [6, 6.07) is 0. The highest BCUT2D eigenvalue weighted by molar-refractivity contribution is 4.70. The normalized spacial score (nSPS) is 12.1. The first-order chi connectivity index (χ1) is 4.90. The van der Waals surface area contributed by atoms with Crippen LogP contribution in [-0.2, 0) is 0 Å². The predicted octanol–water partition coefficient (Wildman–Crippen LogP) is 0.993. The van der Waals surface area contributed by atoms with E-state index in [1.807, 2.05) is 18.9 Å². The summed E-state index contributed by atoms with van der Waals surface area (Å²) in [5, 5.41) is 10.5. The molecule has 0 aromatic carbocycles. The maximum Gasteiger partial charge on any atom is 0.229 e. The van der Waals surface area contributed by atoms with E-state index >= 15 is 0 Å². The van der Waals surface area contributed by atoms with Gasteiger partial charge in [-0.25, -0.2) is 0 Å². The molecule has 4 heteroatoms. The van der Waals surface area contributed by atoms with Gasteiger partial charge in [-0.3, -0.25) is 15.0 Å². The molecule has 0 aliphatic rings. The van der Waals surface area contributed by atoms with Gasteiger partial charge in [-0.05, 0) is 13.6 Å². The van der Waals surface area contributed by atoms with Gasteiger partial charge >= 0.3 is 0 Å². The maximum atomic E-state index is 10.5. The fraction of sp³-hybridized carbons (Fsp3) is 1.00. The molecule has 0 aliphatic heterocycles. The van der Waals surface area contributed by atoms with Gasteiger partial charge in [0, 0.05) is 18.8 Å². The van der Waals surface area contributed by atoms with Crippen LogP contribution in [0, 0.1) is 10.1 Å². The number of rotatable bonds is 4. The molecule has 0 amide bonds. The zero-order chi connectivity index (χ0) is 9.07. The van der Waals surface area contributed by atoms with Crippen LogP contribution < -0.4 is 0 Å². The average molecular weight is 160 g/mol. The van der Waals surface area contributed by atoms with E-state index in [2.05, 4.69) is 0 Å². The molecule has 0 aromatic rings. The molecule has 0 saturated carbocycles. The fourth-order valence-corrected chi connectivity index (χ4v) is 0.830. The maximum absolute atomic E-state index is 10.5. The Morgan fingerprint density at radius 1 is 1.55 bits per heavy atom. The minimum absolute atomic E-state index is 0.237. The lowest BCUT2D eigenvalue weighted by molar-refractivity contribution is -0.560. The van der Waals surface area contributed by atoms with E-state index in [4.69, 9.17) is 0 Å². The van der Waals surface area contributed by atoms with Crippen LogP contribution in [0.2, 0.25) is 0 Å². The topological polar surface area (TPSA) is 46.4 Å². The summed E-state index contributed by atoms with van der Waals surface area (Å²) in [5.74, 6) is 0. The number of hydrogen-bond donors (Lipinski definition) is 0. The van der Waals surface area contributed by atoms with E-state index in [0.717, 1.165) is 6.54 Å². The monoisotopic (exact) mass is 160 g/mol. The summed E-state index contributed by atoms with van der Waals surface area (Å²) in [4.78, 5) is 12.1. The molecule has 0 spiro atoms. The highest BCUT2D eigenvalue weighted by Crippen LogP contribution is 2.08. The molecule has 0 unspecified atom stereocenters. The quantitative estimate of drug-likeness (QED) is 0.455. The van der Waals surface area contributed by atoms with E-state index in [1.54, 1.807) is 13.8 Å². The van der Waals surface area contributed by atoms with Crippen molar-refractivity contribution < 1.29 is 4.92 Å². The molecular weight excluding hydrogens is 144 g/mol. The van der Waals surface area contributed by atoms with E-state index in [9.17, 15) is 10.1 Å². The van der Waals surface area contributed by atoms with Crippen molar-refractivity contribution in [2.24, 2.45) is 0 Å². The van der Waals surface area contributed by atoms with Crippen molar-refractivity contribution >= 4 is 0 Å². The Morgan fingerprint density at radius 3 is 2.27 bits per heavy atom. The van der Waals surface area contributed by atoms with E-state index in [1.165, 1.54) is 0 Å². The minimum Gasteiger partial charge on any atom is -0.300 e. The van der Waals surface area contributed by atoms with Gasteiger partial charge in [-0.2, -0.15) is 0 Å². The average Bonchev–Trinajstić information content (AvgIpc) is 1.86. The Labute approximate surface area is 67.3 Å². The van der Waals surface area contributed by atoms with Gasteiger partial charge in [0.15, 0.2) is 0 Å². The van der Waals surface area contributed by atoms with Crippen LogP contribution in [-0.4, -0.2) is 35.5 Å². The molecule has 0 aromatic heterocycles. The second kappa shape index (κ2) is 3.67. The molecule has 4 nitrogen and oxygen atoms in total. The third-order valence-corrected chi connectivity index (χ3v) is 1.69. The van der Waals surface area contributed by atoms with Gasteiger partial charge in [-0.1, -0.05) is 6.92 Å². The van der Waals surface area contributed by atoms with Crippen molar-refractivity contribution in [2.45, 2.75) is 26.3 Å². The molecule has 0 rings (SSSR count). The molecule has 0 heterocycles. The summed E-state index contributed by atoms with van der Waals surface area (Å²) in [6.07, 6.45) is 0. The smallest absolute Gasteiger partial charge is 0.229 e. The van der Waals surface area contributed by atoms with E-state index in [0.29, 0.717) is 6.54 Å². The molecule has 0 fully saturated rings. The van der Waals surface area contributed by atoms with Crippen LogP contribution in [0.15, 0.2) is 0 Å². The highest BCUT2D eigenvalue weighted by Gasteiger charge is 2.31. The van der Waals surface area contributed by atoms with E-state index < -0.39 is 5.54 Å². The summed E-state index contributed by atoms with van der Waals surface area (Å²) in [7, 11) is 1.88. The molecule has 0 radical (unpaired) electrons. The first-order valence-electron chi connectivity index (χ1n) is 3.73. The SMILES string of the molecule is CCN(C)CC(C)(C)[N+](=O)[O-]. The highest BCUT2D eigenvalue weighted by atomic mass is 16.6. The molecule has 0 aliphatic carbocycles. The largest absolute Gasteiger partial charge is 0.300 e. The van der Waals surface area contributed by atoms with Crippen molar-refractivity contribution in [2.75, 3.05) is 20.1 Å². The molecular formula is C7H16N2O2. The summed E-state index contributed by atoms with van der Waals surface area (Å²) in [6.45, 7) is 6.60. The Balaban J connectivity index is 4.01. The van der Waals surface area contributed by atoms with Crippen LogP contribution in [0.1, 0.15) is 20.8 Å². The summed E-state index contributed by atoms with van der Waals surface area (Å²) < 4.78 is 0. The van der Waals surface area contributed by atoms with Crippen LogP contribution in [0.4, 0.5) is 0 Å². The Bertz CT molecular complexity index is 145. The van der Waals surface area contributed by atoms with Crippen molar-refractivity contribution in [1.29, 1.82) is 0 Å². The number of nitro groups is 1. The van der Waals surface area contributed by atoms with Gasteiger partial charge in [0.05, 0.1) is 6.54 Å². The van der Waals surface area contributed by atoms with E-state index in [-0.39, 0.29) is 4.92 Å². The van der Waals surface area contributed by atoms with Crippen molar-refractivity contribution in [3.05, 3.63) is 10.1 Å². The second-order valence-electron chi connectivity index (χ2n) is 3.40. The van der Waals surface area contributed by atoms with Crippen molar-refractivity contribution in [3.8, 4) is 0 Å². The zero-order valence-corrected chi connectivity index (χ0v) is 7.63. The minimum atomic E-state index is -0.829. The molecule has 0 saturated heterocycles. The standard InChI is InChI=1S/C7H16N2O2/c1-5-8(4)6-7(2,3)9(10)11/h5-6H2,1-4H3. The van der Waals surface area contributed by atoms with Gasteiger partial charge in [0.1, 0.15) is 0 Å². The Morgan fingerprint density at radius 2 is 2.00 bits per heavy atom. The lowest BCUT2D eigenvalue weighted by Gasteiger charge is -2.21. The number of likely N-dealkylation sites (N-methyl/N-ethyl adjacent to an activating group) is 1. The third-order valence-electron chi connectivity index (χ3n) is 1.69. The second-order valence-corrected chi connectivity index (χ2v) is 3.40. The molecule has 11 heavy (non-hydrogen) atoms. The lowest BCUT2D eigenvalue weighted by Crippen LogP contribution is -2.42. The first-order valence-corrected chi connectivity index (χ1v) is 3.73. The van der Waals surface area contributed by atoms with Crippen molar-refractivity contribution in [3.63, 3.8) is 0 Å². The van der Waals surface area contributed by atoms with Crippen LogP contribution >= 0.6 is 0 Å². The molecule has 0 atom stereocenters. The zero-order valence-electron chi connectivity index (χ0n) is 7.63. The fourth-order valence-electron chi connectivity index (χ4n) is 0.830. The summed E-state index contributed by atoms with van der Waals surface area (Å²) >= 11 is 0. The van der Waals surface area contributed by atoms with Crippen LogP contribution in [0.5, 0.6) is 0 Å². The lowest BCUT2D eigenvalue weighted by atomic mass is 10.1. The molecule has 0 N–H and O–H groups in total. The van der Waals surface area contributed by atoms with Gasteiger partial charge < -0.3 is 0 Å². The first kappa shape index (κ1) is 10.4.